The molecule has 2 saturated heterocycles. The Hall–Kier alpha value is -1.53. The van der Waals surface area contributed by atoms with Crippen molar-refractivity contribution in [2.24, 2.45) is 0 Å². The minimum Gasteiger partial charge on any atom is -0.373 e. The summed E-state index contributed by atoms with van der Waals surface area (Å²) >= 11 is 0. The van der Waals surface area contributed by atoms with E-state index < -0.39 is 16.3 Å². The Bertz CT molecular complexity index is 780. The standard InChI is InChI=1S/C17H29N5O5S/c1-12-9-16(27-19-12)18-17(23)15(4)20-5-7-21(8-6-20)28(24,25)22-10-13(2)26-14(3)11-22/h9,13-15H,5-8,10-11H2,1-4H3,(H,18,23)/t13-,14+,15-/m1/s1. The van der Waals surface area contributed by atoms with E-state index in [0.29, 0.717) is 50.8 Å². The topological polar surface area (TPSA) is 108 Å². The molecule has 1 aromatic rings. The number of hydrogen-bond acceptors (Lipinski definition) is 7. The van der Waals surface area contributed by atoms with Gasteiger partial charge in [0.15, 0.2) is 0 Å². The minimum atomic E-state index is -3.53. The van der Waals surface area contributed by atoms with Crippen molar-refractivity contribution in [2.75, 3.05) is 44.6 Å². The fraction of sp³-hybridized carbons (Fsp3) is 0.765. The maximum atomic E-state index is 13.0. The number of carbonyl (C=O) groups is 1. The molecule has 0 aromatic carbocycles. The smallest absolute Gasteiger partial charge is 0.282 e. The van der Waals surface area contributed by atoms with Crippen molar-refractivity contribution in [1.29, 1.82) is 0 Å². The number of piperazine rings is 1. The Kier molecular flexibility index (Phi) is 6.40. The van der Waals surface area contributed by atoms with Gasteiger partial charge in [-0.3, -0.25) is 15.0 Å². The van der Waals surface area contributed by atoms with Crippen LogP contribution in [0, 0.1) is 6.92 Å². The summed E-state index contributed by atoms with van der Waals surface area (Å²) in [7, 11) is -3.53. The second-order valence-electron chi connectivity index (χ2n) is 7.51. The monoisotopic (exact) mass is 415 g/mol. The Labute approximate surface area is 165 Å². The molecule has 1 aromatic heterocycles. The molecule has 2 fully saturated rings. The molecule has 3 rings (SSSR count). The molecular formula is C17H29N5O5S. The Morgan fingerprint density at radius 3 is 2.32 bits per heavy atom. The lowest BCUT2D eigenvalue weighted by molar-refractivity contribution is -0.121. The zero-order valence-corrected chi connectivity index (χ0v) is 17.6. The van der Waals surface area contributed by atoms with Crippen LogP contribution in [-0.4, -0.2) is 90.5 Å². The largest absolute Gasteiger partial charge is 0.373 e. The fourth-order valence-electron chi connectivity index (χ4n) is 3.62. The molecule has 11 heteroatoms. The van der Waals surface area contributed by atoms with Crippen molar-refractivity contribution in [3.63, 3.8) is 0 Å². The number of hydrogen-bond donors (Lipinski definition) is 1. The third kappa shape index (κ3) is 4.71. The number of ether oxygens (including phenoxy) is 1. The molecule has 3 heterocycles. The van der Waals surface area contributed by atoms with Gasteiger partial charge in [0.1, 0.15) is 0 Å². The van der Waals surface area contributed by atoms with E-state index in [1.165, 1.54) is 8.61 Å². The van der Waals surface area contributed by atoms with E-state index in [1.54, 1.807) is 19.9 Å². The van der Waals surface area contributed by atoms with Crippen molar-refractivity contribution in [3.8, 4) is 0 Å². The van der Waals surface area contributed by atoms with Crippen LogP contribution in [0.3, 0.4) is 0 Å². The van der Waals surface area contributed by atoms with Crippen molar-refractivity contribution in [2.45, 2.75) is 45.9 Å². The normalized spacial score (nSPS) is 26.9. The zero-order valence-electron chi connectivity index (χ0n) is 16.8. The lowest BCUT2D eigenvalue weighted by Crippen LogP contribution is -2.58. The van der Waals surface area contributed by atoms with E-state index in [4.69, 9.17) is 9.26 Å². The van der Waals surface area contributed by atoms with Crippen LogP contribution in [0.2, 0.25) is 0 Å². The number of amides is 1. The van der Waals surface area contributed by atoms with Crippen LogP contribution in [0.5, 0.6) is 0 Å². The highest BCUT2D eigenvalue weighted by Crippen LogP contribution is 2.20. The average molecular weight is 416 g/mol. The van der Waals surface area contributed by atoms with Crippen LogP contribution in [0.15, 0.2) is 10.6 Å². The van der Waals surface area contributed by atoms with E-state index in [2.05, 4.69) is 10.5 Å². The molecule has 1 amide bonds. The maximum Gasteiger partial charge on any atom is 0.282 e. The molecule has 2 aliphatic heterocycles. The molecule has 2 aliphatic rings. The highest BCUT2D eigenvalue weighted by Gasteiger charge is 2.37. The highest BCUT2D eigenvalue weighted by molar-refractivity contribution is 7.86. The Morgan fingerprint density at radius 2 is 1.79 bits per heavy atom. The van der Waals surface area contributed by atoms with Gasteiger partial charge in [0, 0.05) is 45.3 Å². The number of rotatable bonds is 5. The van der Waals surface area contributed by atoms with E-state index in [1.807, 2.05) is 18.7 Å². The molecule has 1 N–H and O–H groups in total. The van der Waals surface area contributed by atoms with Gasteiger partial charge in [0.25, 0.3) is 10.2 Å². The third-order valence-corrected chi connectivity index (χ3v) is 7.08. The van der Waals surface area contributed by atoms with Crippen LogP contribution in [0.4, 0.5) is 5.88 Å². The number of morpholine rings is 1. The first-order valence-electron chi connectivity index (χ1n) is 9.55. The van der Waals surface area contributed by atoms with Gasteiger partial charge < -0.3 is 9.26 Å². The van der Waals surface area contributed by atoms with Gasteiger partial charge in [-0.15, -0.1) is 0 Å². The summed E-state index contributed by atoms with van der Waals surface area (Å²) in [4.78, 5) is 14.4. The molecule has 10 nitrogen and oxygen atoms in total. The predicted molar refractivity (Wildman–Crippen MR) is 103 cm³/mol. The third-order valence-electron chi connectivity index (χ3n) is 5.11. The summed E-state index contributed by atoms with van der Waals surface area (Å²) in [5, 5.41) is 6.44. The van der Waals surface area contributed by atoms with E-state index >= 15 is 0 Å². The van der Waals surface area contributed by atoms with Crippen LogP contribution in [0.1, 0.15) is 26.5 Å². The zero-order chi connectivity index (χ0) is 20.5. The quantitative estimate of drug-likeness (QED) is 0.736. The number of anilines is 1. The summed E-state index contributed by atoms with van der Waals surface area (Å²) in [6, 6.07) is 1.25. The number of nitrogens with one attached hydrogen (secondary N) is 1. The first-order valence-corrected chi connectivity index (χ1v) is 11.0. The van der Waals surface area contributed by atoms with E-state index in [9.17, 15) is 13.2 Å². The first kappa shape index (κ1) is 21.2. The molecule has 3 atom stereocenters. The molecule has 158 valence electrons. The fourth-order valence-corrected chi connectivity index (χ4v) is 5.37. The molecule has 0 spiro atoms. The molecule has 0 radical (unpaired) electrons. The van der Waals surface area contributed by atoms with E-state index in [-0.39, 0.29) is 18.1 Å². The van der Waals surface area contributed by atoms with Crippen LogP contribution < -0.4 is 5.32 Å². The van der Waals surface area contributed by atoms with Gasteiger partial charge in [-0.25, -0.2) is 0 Å². The number of aryl methyl sites for hydroxylation is 1. The Balaban J connectivity index is 1.55. The molecule has 0 aliphatic carbocycles. The second kappa shape index (κ2) is 8.46. The molecule has 0 saturated carbocycles. The maximum absolute atomic E-state index is 13.0. The number of aromatic nitrogens is 1. The van der Waals surface area contributed by atoms with Gasteiger partial charge >= 0.3 is 0 Å². The van der Waals surface area contributed by atoms with Gasteiger partial charge in [0.2, 0.25) is 11.8 Å². The summed E-state index contributed by atoms with van der Waals surface area (Å²) in [6.07, 6.45) is -0.244. The summed E-state index contributed by atoms with van der Waals surface area (Å²) in [5.74, 6) is 0.106. The number of carbonyl (C=O) groups excluding carboxylic acids is 1. The first-order chi connectivity index (χ1) is 13.2. The van der Waals surface area contributed by atoms with Crippen LogP contribution in [0.25, 0.3) is 0 Å². The Morgan fingerprint density at radius 1 is 1.18 bits per heavy atom. The molecule has 28 heavy (non-hydrogen) atoms. The van der Waals surface area contributed by atoms with Crippen molar-refractivity contribution >= 4 is 22.0 Å². The molecule has 0 bridgehead atoms. The van der Waals surface area contributed by atoms with Crippen molar-refractivity contribution in [3.05, 3.63) is 11.8 Å². The predicted octanol–water partition coefficient (Wildman–Crippen LogP) is 0.282. The number of nitrogens with zero attached hydrogens (tertiary/aromatic N) is 4. The van der Waals surface area contributed by atoms with Gasteiger partial charge in [-0.05, 0) is 27.7 Å². The van der Waals surface area contributed by atoms with Crippen molar-refractivity contribution < 1.29 is 22.5 Å². The summed E-state index contributed by atoms with van der Waals surface area (Å²) in [6.45, 7) is 9.73. The summed E-state index contributed by atoms with van der Waals surface area (Å²) < 4.78 is 39.6. The SMILES string of the molecule is Cc1cc(NC(=O)[C@@H](C)N2CCN(S(=O)(=O)N3C[C@@H](C)O[C@@H](C)C3)CC2)on1. The van der Waals surface area contributed by atoms with Crippen LogP contribution in [-0.2, 0) is 19.7 Å². The van der Waals surface area contributed by atoms with Crippen LogP contribution >= 0.6 is 0 Å². The van der Waals surface area contributed by atoms with Gasteiger partial charge in [-0.1, -0.05) is 5.16 Å². The van der Waals surface area contributed by atoms with Crippen molar-refractivity contribution in [1.82, 2.24) is 18.7 Å². The average Bonchev–Trinajstić information content (AvgIpc) is 3.05. The molecule has 0 unspecified atom stereocenters. The van der Waals surface area contributed by atoms with Gasteiger partial charge in [0.05, 0.1) is 23.9 Å². The second-order valence-corrected chi connectivity index (χ2v) is 9.44. The van der Waals surface area contributed by atoms with Gasteiger partial charge in [-0.2, -0.15) is 17.0 Å². The van der Waals surface area contributed by atoms with E-state index in [0.717, 1.165) is 0 Å². The minimum absolute atomic E-state index is 0.122. The lowest BCUT2D eigenvalue weighted by atomic mass is 10.2. The lowest BCUT2D eigenvalue weighted by Gasteiger charge is -2.41. The molecular weight excluding hydrogens is 386 g/mol. The highest BCUT2D eigenvalue weighted by atomic mass is 32.2. The summed E-state index contributed by atoms with van der Waals surface area (Å²) in [5.41, 5.74) is 0.688.